The van der Waals surface area contributed by atoms with Gasteiger partial charge < -0.3 is 4.90 Å². The zero-order valence-corrected chi connectivity index (χ0v) is 10.2. The van der Waals surface area contributed by atoms with Crippen LogP contribution in [0.4, 0.5) is 0 Å². The number of hydrogen-bond acceptors (Lipinski definition) is 1. The molecule has 0 fully saturated rings. The molecule has 0 aromatic heterocycles. The maximum absolute atomic E-state index is 2.46. The van der Waals surface area contributed by atoms with Gasteiger partial charge in [0.2, 0.25) is 0 Å². The van der Waals surface area contributed by atoms with Crippen LogP contribution in [-0.2, 0) is 0 Å². The molecular weight excluding hydrogens is 170 g/mol. The minimum Gasteiger partial charge on any atom is -0.372 e. The lowest BCUT2D eigenvalue weighted by Crippen LogP contribution is -2.23. The van der Waals surface area contributed by atoms with Crippen molar-refractivity contribution in [2.24, 2.45) is 0 Å². The molecule has 0 saturated carbocycles. The molecule has 0 aliphatic heterocycles. The summed E-state index contributed by atoms with van der Waals surface area (Å²) in [5.41, 5.74) is 1.37. The van der Waals surface area contributed by atoms with E-state index in [1.54, 1.807) is 0 Å². The van der Waals surface area contributed by atoms with E-state index in [1.807, 2.05) is 0 Å². The third kappa shape index (κ3) is 5.11. The Kier molecular flexibility index (Phi) is 8.40. The Morgan fingerprint density at radius 3 is 2.00 bits per heavy atom. The van der Waals surface area contributed by atoms with E-state index in [0.29, 0.717) is 0 Å². The first-order valence-electron chi connectivity index (χ1n) is 5.87. The normalized spacial score (nSPS) is 12.4. The number of nitrogens with zero attached hydrogens (tertiary/aromatic N) is 1. The molecule has 0 radical (unpaired) electrons. The van der Waals surface area contributed by atoms with Crippen molar-refractivity contribution in [2.75, 3.05) is 13.1 Å². The zero-order chi connectivity index (χ0) is 10.8. The fraction of sp³-hybridized carbons (Fsp3) is 0.692. The molecule has 0 bridgehead atoms. The van der Waals surface area contributed by atoms with Crippen molar-refractivity contribution < 1.29 is 0 Å². The van der Waals surface area contributed by atoms with E-state index >= 15 is 0 Å². The summed E-state index contributed by atoms with van der Waals surface area (Å²) in [4.78, 5) is 2.46. The Labute approximate surface area is 89.5 Å². The van der Waals surface area contributed by atoms with Crippen molar-refractivity contribution in [3.63, 3.8) is 0 Å². The predicted octanol–water partition coefficient (Wildman–Crippen LogP) is 3.98. The van der Waals surface area contributed by atoms with Crippen molar-refractivity contribution >= 4 is 0 Å². The number of allylic oxidation sites excluding steroid dienone is 3. The summed E-state index contributed by atoms with van der Waals surface area (Å²) >= 11 is 0. The molecule has 14 heavy (non-hydrogen) atoms. The second kappa shape index (κ2) is 8.86. The maximum atomic E-state index is 2.46. The predicted molar refractivity (Wildman–Crippen MR) is 65.3 cm³/mol. The Morgan fingerprint density at radius 2 is 1.64 bits per heavy atom. The topological polar surface area (TPSA) is 3.24 Å². The van der Waals surface area contributed by atoms with Crippen LogP contribution in [0, 0.1) is 0 Å². The van der Waals surface area contributed by atoms with Crippen molar-refractivity contribution in [3.8, 4) is 0 Å². The summed E-state index contributed by atoms with van der Waals surface area (Å²) in [6.07, 6.45) is 10.2. The molecule has 1 nitrogen and oxygen atoms in total. The van der Waals surface area contributed by atoms with Crippen LogP contribution in [0.1, 0.15) is 47.0 Å². The molecule has 0 amide bonds. The van der Waals surface area contributed by atoms with Gasteiger partial charge in [-0.15, -0.1) is 0 Å². The van der Waals surface area contributed by atoms with Gasteiger partial charge in [0.25, 0.3) is 0 Å². The standard InChI is InChI=1S/C13H25N/c1-5-9-10-13(8-4)14(11-6-2)12-7-3/h8-10H,5-7,11-12H2,1-4H3. The van der Waals surface area contributed by atoms with Gasteiger partial charge in [-0.1, -0.05) is 32.9 Å². The molecule has 0 unspecified atom stereocenters. The Bertz CT molecular complexity index is 174. The highest BCUT2D eigenvalue weighted by molar-refractivity contribution is 5.16. The smallest absolute Gasteiger partial charge is 0.0319 e. The van der Waals surface area contributed by atoms with Gasteiger partial charge in [0.1, 0.15) is 0 Å². The van der Waals surface area contributed by atoms with Gasteiger partial charge in [-0.3, -0.25) is 0 Å². The van der Waals surface area contributed by atoms with Crippen LogP contribution in [0.25, 0.3) is 0 Å². The molecule has 0 spiro atoms. The van der Waals surface area contributed by atoms with Crippen LogP contribution in [0.15, 0.2) is 23.9 Å². The summed E-state index contributed by atoms with van der Waals surface area (Å²) in [7, 11) is 0. The fourth-order valence-electron chi connectivity index (χ4n) is 1.53. The van der Waals surface area contributed by atoms with Gasteiger partial charge >= 0.3 is 0 Å². The van der Waals surface area contributed by atoms with Gasteiger partial charge in [-0.25, -0.2) is 0 Å². The summed E-state index contributed by atoms with van der Waals surface area (Å²) in [6.45, 7) is 11.1. The lowest BCUT2D eigenvalue weighted by atomic mass is 10.2. The summed E-state index contributed by atoms with van der Waals surface area (Å²) in [5.74, 6) is 0. The minimum atomic E-state index is 1.11. The van der Waals surface area contributed by atoms with E-state index in [0.717, 1.165) is 6.42 Å². The van der Waals surface area contributed by atoms with Crippen LogP contribution in [-0.4, -0.2) is 18.0 Å². The molecule has 0 heterocycles. The van der Waals surface area contributed by atoms with Gasteiger partial charge in [-0.2, -0.15) is 0 Å². The van der Waals surface area contributed by atoms with Crippen molar-refractivity contribution in [1.29, 1.82) is 0 Å². The van der Waals surface area contributed by atoms with Crippen molar-refractivity contribution in [1.82, 2.24) is 4.90 Å². The van der Waals surface area contributed by atoms with E-state index in [2.05, 4.69) is 50.8 Å². The minimum absolute atomic E-state index is 1.11. The van der Waals surface area contributed by atoms with E-state index in [-0.39, 0.29) is 0 Å². The largest absolute Gasteiger partial charge is 0.372 e. The molecule has 0 saturated heterocycles. The van der Waals surface area contributed by atoms with Gasteiger partial charge in [-0.05, 0) is 32.3 Å². The second-order valence-corrected chi connectivity index (χ2v) is 3.51. The molecule has 0 aromatic carbocycles. The first kappa shape index (κ1) is 13.3. The van der Waals surface area contributed by atoms with Gasteiger partial charge in [0.15, 0.2) is 0 Å². The van der Waals surface area contributed by atoms with E-state index in [1.165, 1.54) is 31.6 Å². The molecule has 82 valence electrons. The third-order valence-electron chi connectivity index (χ3n) is 2.17. The van der Waals surface area contributed by atoms with Crippen LogP contribution < -0.4 is 0 Å². The highest BCUT2D eigenvalue weighted by atomic mass is 15.1. The van der Waals surface area contributed by atoms with Gasteiger partial charge in [0, 0.05) is 18.8 Å². The van der Waals surface area contributed by atoms with Crippen molar-refractivity contribution in [2.45, 2.75) is 47.0 Å². The lowest BCUT2D eigenvalue weighted by Gasteiger charge is -2.24. The Morgan fingerprint density at radius 1 is 1.07 bits per heavy atom. The third-order valence-corrected chi connectivity index (χ3v) is 2.17. The monoisotopic (exact) mass is 195 g/mol. The maximum Gasteiger partial charge on any atom is 0.0319 e. The molecular formula is C13H25N. The van der Waals surface area contributed by atoms with Gasteiger partial charge in [0.05, 0.1) is 0 Å². The summed E-state index contributed by atoms with van der Waals surface area (Å²) < 4.78 is 0. The molecule has 0 aliphatic rings. The number of hydrogen-bond donors (Lipinski definition) is 0. The Balaban J connectivity index is 4.34. The van der Waals surface area contributed by atoms with E-state index in [9.17, 15) is 0 Å². The van der Waals surface area contributed by atoms with Crippen LogP contribution in [0.2, 0.25) is 0 Å². The lowest BCUT2D eigenvalue weighted by molar-refractivity contribution is 0.354. The number of rotatable bonds is 7. The molecule has 0 aromatic rings. The summed E-state index contributed by atoms with van der Waals surface area (Å²) in [5, 5.41) is 0. The highest BCUT2D eigenvalue weighted by Gasteiger charge is 2.02. The molecule has 0 N–H and O–H groups in total. The second-order valence-electron chi connectivity index (χ2n) is 3.51. The SMILES string of the molecule is CC=C(C=CCC)N(CCC)CCC. The summed E-state index contributed by atoms with van der Waals surface area (Å²) in [6, 6.07) is 0. The quantitative estimate of drug-likeness (QED) is 0.555. The Hall–Kier alpha value is -0.720. The molecule has 0 rings (SSSR count). The molecule has 1 heteroatoms. The van der Waals surface area contributed by atoms with Crippen molar-refractivity contribution in [3.05, 3.63) is 23.9 Å². The average molecular weight is 195 g/mol. The van der Waals surface area contributed by atoms with Crippen LogP contribution >= 0.6 is 0 Å². The van der Waals surface area contributed by atoms with Crippen LogP contribution in [0.3, 0.4) is 0 Å². The fourth-order valence-corrected chi connectivity index (χ4v) is 1.53. The zero-order valence-electron chi connectivity index (χ0n) is 10.2. The van der Waals surface area contributed by atoms with Crippen LogP contribution in [0.5, 0.6) is 0 Å². The first-order valence-corrected chi connectivity index (χ1v) is 5.87. The average Bonchev–Trinajstić information content (AvgIpc) is 2.19. The highest BCUT2D eigenvalue weighted by Crippen LogP contribution is 2.08. The van der Waals surface area contributed by atoms with E-state index in [4.69, 9.17) is 0 Å². The molecule has 0 aliphatic carbocycles. The van der Waals surface area contributed by atoms with E-state index < -0.39 is 0 Å². The molecule has 0 atom stereocenters. The first-order chi connectivity index (χ1) is 6.79.